The first-order valence-corrected chi connectivity index (χ1v) is 55.0. The molecule has 0 radical (unpaired) electrons. The Balaban J connectivity index is 0.000000158. The molecule has 790 valence electrons. The molecular weight excluding hydrogens is 1970 g/mol. The molecule has 11 atom stereocenters. The monoisotopic (exact) mass is 2110 g/mol. The van der Waals surface area contributed by atoms with Crippen molar-refractivity contribution in [3.63, 3.8) is 0 Å². The van der Waals surface area contributed by atoms with Crippen LogP contribution in [0.5, 0.6) is 0 Å². The van der Waals surface area contributed by atoms with Crippen LogP contribution in [0.25, 0.3) is 46.6 Å². The zero-order valence-electron chi connectivity index (χ0n) is 88.5. The van der Waals surface area contributed by atoms with Crippen LogP contribution in [0, 0.1) is 63.4 Å². The Labute approximate surface area is 895 Å². The minimum atomic E-state index is -1.00. The van der Waals surface area contributed by atoms with Gasteiger partial charge in [0.15, 0.2) is 28.8 Å². The largest absolute Gasteiger partial charge is 0.391 e. The molecular formula is C118H139N13O15S4. The highest BCUT2D eigenvalue weighted by Gasteiger charge is 2.53. The summed E-state index contributed by atoms with van der Waals surface area (Å²) in [5, 5.41) is 47.5. The van der Waals surface area contributed by atoms with E-state index >= 15 is 0 Å². The summed E-state index contributed by atoms with van der Waals surface area (Å²) in [6.45, 7) is 38.6. The van der Waals surface area contributed by atoms with E-state index in [-0.39, 0.29) is 141 Å². The number of nitrogens with one attached hydrogen (secondary N) is 2. The molecule has 10 heterocycles. The molecule has 11 aromatic rings. The van der Waals surface area contributed by atoms with Gasteiger partial charge in [0, 0.05) is 107 Å². The van der Waals surface area contributed by atoms with Crippen molar-refractivity contribution in [2.24, 2.45) is 22.2 Å². The van der Waals surface area contributed by atoms with Crippen molar-refractivity contribution in [1.29, 1.82) is 0 Å². The van der Waals surface area contributed by atoms with E-state index in [1.165, 1.54) is 14.7 Å². The summed E-state index contributed by atoms with van der Waals surface area (Å²) in [6, 6.07) is 49.2. The number of hydrogen-bond acceptors (Lipinski definition) is 24. The Kier molecular flexibility index (Phi) is 37.0. The fourth-order valence-corrected chi connectivity index (χ4v) is 24.1. The lowest BCUT2D eigenvalue weighted by Crippen LogP contribution is -2.58. The summed E-state index contributed by atoms with van der Waals surface area (Å²) < 4.78 is 0. The number of β-amino-alcohol motifs (C(OH)–C–C–N with tert-alkyl or cyclic N) is 4. The smallest absolute Gasteiger partial charge is 0.255 e. The molecule has 0 bridgehead atoms. The molecule has 7 aromatic carbocycles. The van der Waals surface area contributed by atoms with E-state index < -0.39 is 94.3 Å². The van der Waals surface area contributed by atoms with Crippen molar-refractivity contribution in [2.45, 2.75) is 266 Å². The van der Waals surface area contributed by atoms with E-state index in [4.69, 9.17) is 6.57 Å². The number of thiazole rings is 4. The summed E-state index contributed by atoms with van der Waals surface area (Å²) in [5.41, 5.74) is 20.6. The molecule has 5 saturated heterocycles. The Morgan fingerprint density at radius 2 is 0.853 bits per heavy atom. The number of aryl methyl sites for hydroxylation is 9. The van der Waals surface area contributed by atoms with Gasteiger partial charge in [0.25, 0.3) is 11.8 Å². The molecule has 150 heavy (non-hydrogen) atoms. The number of piperidine rings is 1. The van der Waals surface area contributed by atoms with Crippen molar-refractivity contribution in [1.82, 2.24) is 60.0 Å². The minimum absolute atomic E-state index is 0.0163. The van der Waals surface area contributed by atoms with E-state index in [9.17, 15) is 73.2 Å². The van der Waals surface area contributed by atoms with E-state index in [0.29, 0.717) is 49.8 Å². The van der Waals surface area contributed by atoms with Crippen LogP contribution in [0.1, 0.15) is 221 Å². The van der Waals surface area contributed by atoms with Crippen LogP contribution >= 0.6 is 45.3 Å². The van der Waals surface area contributed by atoms with Crippen molar-refractivity contribution in [2.75, 3.05) is 46.3 Å². The van der Waals surface area contributed by atoms with Gasteiger partial charge in [-0.25, -0.2) is 24.8 Å². The quantitative estimate of drug-likeness (QED) is 0.0237. The number of aliphatic hydroxyl groups excluding tert-OH is 4. The molecule has 1 unspecified atom stereocenters. The van der Waals surface area contributed by atoms with Crippen molar-refractivity contribution >= 4 is 116 Å². The molecule has 0 spiro atoms. The zero-order valence-corrected chi connectivity index (χ0v) is 91.8. The number of nitrogens with zero attached hydrogens (tertiary/aromatic N) is 11. The van der Waals surface area contributed by atoms with Gasteiger partial charge in [-0.3, -0.25) is 52.7 Å². The lowest BCUT2D eigenvalue weighted by molar-refractivity contribution is -0.144. The van der Waals surface area contributed by atoms with E-state index in [0.717, 1.165) is 124 Å². The number of likely N-dealkylation sites (tertiary alicyclic amines) is 5. The predicted octanol–water partition coefficient (Wildman–Crippen LogP) is 17.7. The van der Waals surface area contributed by atoms with E-state index in [1.54, 1.807) is 98.5 Å². The molecule has 32 heteroatoms. The lowest BCUT2D eigenvalue weighted by atomic mass is 9.84. The second kappa shape index (κ2) is 49.2. The van der Waals surface area contributed by atoms with Crippen LogP contribution in [0.15, 0.2) is 192 Å². The maximum atomic E-state index is 14.1. The highest BCUT2D eigenvalue weighted by Crippen LogP contribution is 2.41. The third-order valence-corrected chi connectivity index (χ3v) is 33.3. The minimum Gasteiger partial charge on any atom is -0.391 e. The lowest BCUT2D eigenvalue weighted by Gasteiger charge is -2.40. The van der Waals surface area contributed by atoms with Gasteiger partial charge in [0.1, 0.15) is 23.7 Å². The van der Waals surface area contributed by atoms with Gasteiger partial charge in [-0.05, 0) is 185 Å². The van der Waals surface area contributed by atoms with Crippen LogP contribution in [-0.4, -0.2) is 247 Å². The fraction of sp³-hybridized carbons (Fsp3) is 0.441. The molecule has 6 aliphatic heterocycles. The van der Waals surface area contributed by atoms with Gasteiger partial charge >= 0.3 is 0 Å². The zero-order chi connectivity index (χ0) is 108. The maximum absolute atomic E-state index is 14.1. The standard InChI is InChI=1S/C31H34N4O4S.C31H35N3O4S.C30H42N4O4S.C26H28N2O3S/c1-19-27(40-18-33-19)21-13-10-20(11-14-21)12-15-26(37)25-16-22(36)17-35(25)30(39)28(31(2,3)4)34-29(38)23-8-6-7-9-24(23)32-5;1-19-27(39-18-32-19)21-12-9-20(10-13-21)11-14-26(36)25-15-23(35)17-33(25)30(38)28(31(2,3)4)34-16-22-7-5-6-8-24(22)29(34)37;1-19-26(39-18-31-19)21-9-6-20(7-10-21)8-11-25(36)24-16-23(35)17-34(24)29(38)27(30(2,3)4)32-28(37)22-12-14-33(5)15-13-22;1-17-5-4-6-21(13-17)25(31)28-15-22(29)14-26(28,3)23(30)12-9-19-7-10-20(11-8-19)24-18(2)27-16-32-24/h6-11,13-14,18,22,25,28,36H,12,15-17H2,1-4H3,(H,34,38);5-10,12-13,18,23,25,28,35H,11,14-17H2,1-4H3;6-7,9-10,18,22-24,27,35H,8,11-17H2,1-5H3,(H,32,37);4-8,10-11,13,16,22,29H,9,12,14-15H2,1-3H3/t22-,25+,28-;23-,25+,28-;23-,24+,27-;22-,26?/m1111/s1. The number of amides is 7. The van der Waals surface area contributed by atoms with Crippen LogP contribution in [-0.2, 0) is 70.6 Å². The van der Waals surface area contributed by atoms with Crippen molar-refractivity contribution < 1.29 is 73.2 Å². The summed E-state index contributed by atoms with van der Waals surface area (Å²) in [7, 11) is 2.05. The third-order valence-electron chi connectivity index (χ3n) is 29.4. The molecule has 5 fully saturated rings. The van der Waals surface area contributed by atoms with Crippen LogP contribution in [0.4, 0.5) is 5.69 Å². The Bertz CT molecular complexity index is 6720. The average Bonchev–Trinajstić information content (AvgIpc) is 1.61. The van der Waals surface area contributed by atoms with Crippen LogP contribution < -0.4 is 10.6 Å². The number of para-hydroxylation sites is 1. The fourth-order valence-electron chi connectivity index (χ4n) is 20.8. The van der Waals surface area contributed by atoms with Gasteiger partial charge in [-0.1, -0.05) is 220 Å². The second-order valence-corrected chi connectivity index (χ2v) is 47.3. The summed E-state index contributed by atoms with van der Waals surface area (Å²) in [4.78, 5) is 183. The van der Waals surface area contributed by atoms with Gasteiger partial charge in [0.05, 0.1) is 113 Å². The highest BCUT2D eigenvalue weighted by molar-refractivity contribution is 7.14. The number of fused-ring (bicyclic) bond motifs is 1. The Hall–Kier alpha value is -12.7. The van der Waals surface area contributed by atoms with E-state index in [1.807, 2.05) is 223 Å². The molecule has 0 saturated carbocycles. The topological polar surface area (TPSA) is 368 Å². The Morgan fingerprint density at radius 3 is 1.23 bits per heavy atom. The number of aromatic nitrogens is 4. The molecule has 7 amide bonds. The van der Waals surface area contributed by atoms with Gasteiger partial charge in [-0.15, -0.1) is 45.3 Å². The SMILES string of the molecule is Cc1cccc(C(=O)N2C[C@H](O)CC2(C)C(=O)CCc2ccc(-c3scnc3C)cc2)c1.Cc1ncsc1-c1ccc(CCC(=O)[C@@H]2C[C@@H](O)CN2C(=O)[C@@H](N2Cc3ccccc3C2=O)C(C)(C)C)cc1.Cc1ncsc1-c1ccc(CCC(=O)[C@@H]2C[C@@H](O)CN2C(=O)[C@@H](NC(=O)C2CCN(C)CC2)C(C)(C)C)cc1.[C-]#[N+]c1ccccc1C(=O)N[C@H](C(=O)N1C[C@H](O)C[C@H]1C(=O)CCc1ccc(-c2scnc2C)cc1)C(C)(C)C. The molecule has 6 aliphatic rings. The average molecular weight is 2110 g/mol. The number of Topliss-reactive ketones (excluding diaryl/α,β-unsaturated/α-hetero) is 4. The maximum Gasteiger partial charge on any atom is 0.255 e. The third kappa shape index (κ3) is 27.4. The molecule has 28 nitrogen and oxygen atoms in total. The van der Waals surface area contributed by atoms with Crippen LogP contribution in [0.3, 0.4) is 0 Å². The first kappa shape index (κ1) is 113. The number of ketones is 4. The summed E-state index contributed by atoms with van der Waals surface area (Å²) in [6.07, 6.45) is 2.71. The number of carbonyl (C=O) groups excluding carboxylic acids is 11. The normalized spacial score (nSPS) is 19.9. The Morgan fingerprint density at radius 1 is 0.467 bits per heavy atom. The number of hydrogen-bond donors (Lipinski definition) is 6. The molecule has 0 aliphatic carbocycles. The van der Waals surface area contributed by atoms with Crippen molar-refractivity contribution in [3.05, 3.63) is 276 Å². The van der Waals surface area contributed by atoms with Gasteiger partial charge in [-0.2, -0.15) is 0 Å². The summed E-state index contributed by atoms with van der Waals surface area (Å²) in [5.74, 6) is -2.36. The molecule has 17 rings (SSSR count). The number of aliphatic hydroxyl groups is 4. The number of rotatable bonds is 29. The predicted molar refractivity (Wildman–Crippen MR) is 587 cm³/mol. The number of benzene rings is 7. The first-order valence-electron chi connectivity index (χ1n) is 51.5. The summed E-state index contributed by atoms with van der Waals surface area (Å²) >= 11 is 6.42. The number of carbonyl (C=O) groups is 11. The molecule has 4 aromatic heterocycles. The van der Waals surface area contributed by atoms with E-state index in [2.05, 4.69) is 76.7 Å². The first-order chi connectivity index (χ1) is 71.2. The van der Waals surface area contributed by atoms with Crippen molar-refractivity contribution in [3.8, 4) is 41.8 Å². The second-order valence-electron chi connectivity index (χ2n) is 43.9. The molecule has 6 N–H and O–H groups in total. The highest BCUT2D eigenvalue weighted by atomic mass is 32.1. The van der Waals surface area contributed by atoms with Crippen LogP contribution in [0.2, 0.25) is 0 Å². The van der Waals surface area contributed by atoms with Gasteiger partial charge in [0.2, 0.25) is 29.5 Å². The van der Waals surface area contributed by atoms with Gasteiger partial charge < -0.3 is 60.5 Å².